The van der Waals surface area contributed by atoms with Gasteiger partial charge < -0.3 is 41.4 Å². The Bertz CT molecular complexity index is 1320. The van der Waals surface area contributed by atoms with Gasteiger partial charge in [0.05, 0.1) is 7.11 Å². The molecule has 0 aliphatic rings. The van der Waals surface area contributed by atoms with Crippen molar-refractivity contribution in [2.24, 2.45) is 0 Å². The van der Waals surface area contributed by atoms with Gasteiger partial charge in [0.2, 0.25) is 29.5 Å². The molecule has 6 N–H and O–H groups in total. The summed E-state index contributed by atoms with van der Waals surface area (Å²) in [4.78, 5) is 93.5. The van der Waals surface area contributed by atoms with Crippen LogP contribution in [0.15, 0.2) is 0 Å². The Morgan fingerprint density at radius 2 is 0.608 bits per heavy atom. The van der Waals surface area contributed by atoms with Crippen LogP contribution in [-0.2, 0) is 38.2 Å². The highest BCUT2D eigenvalue weighted by molar-refractivity contribution is 6.01. The molecule has 51 heavy (non-hydrogen) atoms. The van der Waals surface area contributed by atoms with Crippen molar-refractivity contribution >= 4 is 41.6 Å². The summed E-state index contributed by atoms with van der Waals surface area (Å²) < 4.78 is 10.2. The third kappa shape index (κ3) is 11.8. The van der Waals surface area contributed by atoms with E-state index in [0.29, 0.717) is 0 Å². The lowest BCUT2D eigenvalue weighted by molar-refractivity contribution is -0.151. The molecule has 0 rings (SSSR count). The third-order valence-electron chi connectivity index (χ3n) is 10.1. The Balaban J connectivity index is 6.18. The van der Waals surface area contributed by atoms with E-state index >= 15 is 0 Å². The highest BCUT2D eigenvalue weighted by Crippen LogP contribution is 2.23. The standard InChI is InChI=1S/C36H66N6O9/c1-17-31(10,38-25(45)33(12,19-3)40-27(47)35(14,21-5)42-29(49)51-30(7,8)9)23(43)37-32(11,18-2)24(44)39-34(13,20-4)26(46)41-36(15,22-6)28(48)50-16/h17-22H2,1-16H3,(H,37,43)(H,38,45)(H,39,44)(H,40,47)(H,41,46)(H,42,49)/t31-,32-,33-,34-,35-,36-/m0/s1. The topological polar surface area (TPSA) is 210 Å². The van der Waals surface area contributed by atoms with Gasteiger partial charge in [-0.25, -0.2) is 9.59 Å². The molecule has 0 fully saturated rings. The number of nitrogens with one attached hydrogen (secondary N) is 6. The van der Waals surface area contributed by atoms with Gasteiger partial charge in [-0.3, -0.25) is 24.0 Å². The van der Waals surface area contributed by atoms with Crippen molar-refractivity contribution in [3.8, 4) is 0 Å². The molecule has 0 unspecified atom stereocenters. The molecule has 15 nitrogen and oxygen atoms in total. The van der Waals surface area contributed by atoms with E-state index < -0.39 is 80.4 Å². The first-order valence-electron chi connectivity index (χ1n) is 17.8. The van der Waals surface area contributed by atoms with E-state index in [1.807, 2.05) is 0 Å². The maximum atomic E-state index is 13.9. The molecule has 0 spiro atoms. The Morgan fingerprint density at radius 1 is 0.392 bits per heavy atom. The Kier molecular flexibility index (Phi) is 16.2. The highest BCUT2D eigenvalue weighted by atomic mass is 16.6. The summed E-state index contributed by atoms with van der Waals surface area (Å²) in [5, 5.41) is 16.4. The number of hydrogen-bond donors (Lipinski definition) is 6. The Hall–Kier alpha value is -3.91. The van der Waals surface area contributed by atoms with Crippen molar-refractivity contribution in [2.75, 3.05) is 7.11 Å². The number of carbonyl (C=O) groups is 7. The first-order valence-corrected chi connectivity index (χ1v) is 17.8. The van der Waals surface area contributed by atoms with E-state index in [9.17, 15) is 33.6 Å². The van der Waals surface area contributed by atoms with Gasteiger partial charge in [0.1, 0.15) is 38.8 Å². The average Bonchev–Trinajstić information content (AvgIpc) is 3.05. The van der Waals surface area contributed by atoms with Crippen molar-refractivity contribution in [3.05, 3.63) is 0 Å². The van der Waals surface area contributed by atoms with E-state index in [0.717, 1.165) is 0 Å². The van der Waals surface area contributed by atoms with Crippen LogP contribution in [-0.4, -0.2) is 87.5 Å². The number of hydrogen-bond acceptors (Lipinski definition) is 9. The van der Waals surface area contributed by atoms with Gasteiger partial charge in [0.25, 0.3) is 0 Å². The number of methoxy groups -OCH3 is 1. The van der Waals surface area contributed by atoms with E-state index in [1.54, 1.807) is 62.3 Å². The van der Waals surface area contributed by atoms with Crippen LogP contribution in [0, 0.1) is 0 Å². The van der Waals surface area contributed by atoms with Crippen LogP contribution in [0.3, 0.4) is 0 Å². The Morgan fingerprint density at radius 3 is 0.804 bits per heavy atom. The summed E-state index contributed by atoms with van der Waals surface area (Å²) >= 11 is 0. The molecule has 294 valence electrons. The lowest BCUT2D eigenvalue weighted by Crippen LogP contribution is -2.70. The number of rotatable bonds is 18. The van der Waals surface area contributed by atoms with Gasteiger partial charge in [0.15, 0.2) is 0 Å². The number of amides is 6. The molecule has 0 aromatic carbocycles. The van der Waals surface area contributed by atoms with Crippen molar-refractivity contribution in [1.82, 2.24) is 31.9 Å². The second-order valence-corrected chi connectivity index (χ2v) is 15.5. The summed E-state index contributed by atoms with van der Waals surface area (Å²) in [7, 11) is 1.22. The largest absolute Gasteiger partial charge is 0.467 e. The smallest absolute Gasteiger partial charge is 0.408 e. The Labute approximate surface area is 304 Å². The van der Waals surface area contributed by atoms with Gasteiger partial charge in [-0.15, -0.1) is 0 Å². The van der Waals surface area contributed by atoms with Crippen molar-refractivity contribution in [2.45, 2.75) is 181 Å². The molecular formula is C36H66N6O9. The fourth-order valence-corrected chi connectivity index (χ4v) is 4.51. The maximum absolute atomic E-state index is 13.9. The predicted molar refractivity (Wildman–Crippen MR) is 194 cm³/mol. The van der Waals surface area contributed by atoms with E-state index in [2.05, 4.69) is 31.9 Å². The molecule has 15 heteroatoms. The minimum atomic E-state index is -1.54. The van der Waals surface area contributed by atoms with Gasteiger partial charge in [-0.1, -0.05) is 41.5 Å². The maximum Gasteiger partial charge on any atom is 0.408 e. The van der Waals surface area contributed by atoms with Crippen LogP contribution in [0.2, 0.25) is 0 Å². The summed E-state index contributed by atoms with van der Waals surface area (Å²) in [5.41, 5.74) is -9.56. The van der Waals surface area contributed by atoms with Crippen molar-refractivity contribution in [1.29, 1.82) is 0 Å². The van der Waals surface area contributed by atoms with Gasteiger partial charge in [0, 0.05) is 0 Å². The zero-order chi connectivity index (χ0) is 40.4. The summed E-state index contributed by atoms with van der Waals surface area (Å²) in [6, 6.07) is 0. The van der Waals surface area contributed by atoms with Gasteiger partial charge >= 0.3 is 12.1 Å². The number of ether oxygens (including phenoxy) is 2. The van der Waals surface area contributed by atoms with Gasteiger partial charge in [-0.2, -0.15) is 0 Å². The predicted octanol–water partition coefficient (Wildman–Crippen LogP) is 3.28. The molecule has 0 saturated carbocycles. The molecule has 6 atom stereocenters. The molecule has 6 amide bonds. The van der Waals surface area contributed by atoms with Crippen LogP contribution in [0.1, 0.15) is 142 Å². The molecule has 0 aromatic heterocycles. The first kappa shape index (κ1) is 47.1. The van der Waals surface area contributed by atoms with Crippen LogP contribution < -0.4 is 31.9 Å². The summed E-state index contributed by atoms with van der Waals surface area (Å²) in [6.07, 6.45) is 0.177. The van der Waals surface area contributed by atoms with Crippen LogP contribution in [0.5, 0.6) is 0 Å². The lowest BCUT2D eigenvalue weighted by Gasteiger charge is -2.40. The number of alkyl carbamates (subject to hydrolysis) is 1. The number of carbonyl (C=O) groups excluding carboxylic acids is 7. The van der Waals surface area contributed by atoms with E-state index in [1.165, 1.54) is 48.7 Å². The van der Waals surface area contributed by atoms with Gasteiger partial charge in [-0.05, 0) is 101 Å². The monoisotopic (exact) mass is 726 g/mol. The normalized spacial score (nSPS) is 18.6. The molecule has 0 radical (unpaired) electrons. The highest BCUT2D eigenvalue weighted by Gasteiger charge is 2.48. The quantitative estimate of drug-likeness (QED) is 0.114. The van der Waals surface area contributed by atoms with Crippen LogP contribution >= 0.6 is 0 Å². The fraction of sp³-hybridized carbons (Fsp3) is 0.806. The van der Waals surface area contributed by atoms with Crippen molar-refractivity contribution < 1.29 is 43.0 Å². The second-order valence-electron chi connectivity index (χ2n) is 15.5. The molecule has 0 saturated heterocycles. The molecule has 0 heterocycles. The van der Waals surface area contributed by atoms with Crippen LogP contribution in [0.25, 0.3) is 0 Å². The van der Waals surface area contributed by atoms with Crippen LogP contribution in [0.4, 0.5) is 4.79 Å². The van der Waals surface area contributed by atoms with E-state index in [-0.39, 0.29) is 38.5 Å². The number of esters is 1. The second kappa shape index (κ2) is 17.5. The lowest BCUT2D eigenvalue weighted by atomic mass is 9.88. The molecule has 0 aliphatic heterocycles. The van der Waals surface area contributed by atoms with Crippen molar-refractivity contribution in [3.63, 3.8) is 0 Å². The average molecular weight is 727 g/mol. The third-order valence-corrected chi connectivity index (χ3v) is 10.1. The first-order chi connectivity index (χ1) is 23.1. The summed E-state index contributed by atoms with van der Waals surface area (Å²) in [5.74, 6) is -3.84. The molecule has 0 aromatic rings. The molecular weight excluding hydrogens is 660 g/mol. The zero-order valence-corrected chi connectivity index (χ0v) is 33.9. The summed E-state index contributed by atoms with van der Waals surface area (Å²) in [6.45, 7) is 24.4. The van der Waals surface area contributed by atoms with E-state index in [4.69, 9.17) is 9.47 Å². The zero-order valence-electron chi connectivity index (χ0n) is 33.9. The molecule has 0 bridgehead atoms. The SMILES string of the molecule is CC[C@](C)(NC(=O)OC(C)(C)C)C(=O)N[C@@](C)(CC)C(=O)N[C@@](C)(CC)C(=O)N[C@@](C)(CC)C(=O)N[C@@](C)(CC)C(=O)N[C@@](C)(CC)C(=O)OC. The minimum absolute atomic E-state index is 0.116. The molecule has 0 aliphatic carbocycles. The fourth-order valence-electron chi connectivity index (χ4n) is 4.51. The minimum Gasteiger partial charge on any atom is -0.467 e.